The van der Waals surface area contributed by atoms with Crippen molar-refractivity contribution in [2.24, 2.45) is 0 Å². The van der Waals surface area contributed by atoms with Gasteiger partial charge in [0.15, 0.2) is 0 Å². The van der Waals surface area contributed by atoms with Crippen LogP contribution in [0.2, 0.25) is 0 Å². The Balaban J connectivity index is 0.785. The third-order valence-corrected chi connectivity index (χ3v) is 22.7. The Bertz CT molecular complexity index is 6310. The number of fused-ring (bicyclic) bond motifs is 19. The maximum absolute atomic E-state index is 5.34. The Hall–Kier alpha value is -13.7. The fraction of sp³-hybridized carbons (Fsp3) is 0.0198. The monoisotopic (exact) mass is 1330 g/mol. The summed E-state index contributed by atoms with van der Waals surface area (Å²) in [5, 5.41) is 4.57. The lowest BCUT2D eigenvalue weighted by Gasteiger charge is -2.49. The molecule has 0 unspecified atom stereocenters. The van der Waals surface area contributed by atoms with Crippen LogP contribution in [0.15, 0.2) is 400 Å². The summed E-state index contributed by atoms with van der Waals surface area (Å²) >= 11 is 0. The number of imidazole rings is 1. The molecule has 17 aromatic carbocycles. The van der Waals surface area contributed by atoms with Gasteiger partial charge in [-0.15, -0.1) is 0 Å². The van der Waals surface area contributed by atoms with Crippen molar-refractivity contribution >= 4 is 66.7 Å². The quantitative estimate of drug-likeness (QED) is 0.121. The Kier molecular flexibility index (Phi) is 13.7. The van der Waals surface area contributed by atoms with E-state index in [1.165, 1.54) is 72.3 Å². The highest BCUT2D eigenvalue weighted by molar-refractivity contribution is 6.23. The van der Waals surface area contributed by atoms with Gasteiger partial charge in [0.05, 0.1) is 27.6 Å². The zero-order valence-corrected chi connectivity index (χ0v) is 57.4. The predicted octanol–water partition coefficient (Wildman–Crippen LogP) is 26.0. The summed E-state index contributed by atoms with van der Waals surface area (Å²) in [5.41, 5.74) is 31.9. The molecule has 2 spiro atoms. The fourth-order valence-electron chi connectivity index (χ4n) is 18.3. The lowest BCUT2D eigenvalue weighted by Crippen LogP contribution is -2.43. The second kappa shape index (κ2) is 24.0. The standard InChI is InChI=1S/C101H66N4/c1-5-27-73(28-6-1)103(74-29-7-2-8-30-74)77-59-53-67(54-60-77)68-55-61-78(62-56-68)104(75-31-9-3-10-32-75)98-84-40-14-13-39-83(84)97(69-49-51-70(52-50-69)99-102-95-47-25-26-48-96(95)105(99)76-33-11-4-12-34-76)86-65-71(57-63-85(86)98)72-58-64-93-94(66-72)101(89-43-21-17-37-81(89)82-38-18-22-44-90(82)101)92-46-24-23-45-91(92)100(93)87-41-19-15-35-79(87)80-36-16-20-42-88(80)100/h1-66H. The van der Waals surface area contributed by atoms with Gasteiger partial charge < -0.3 is 9.80 Å². The fourth-order valence-corrected chi connectivity index (χ4v) is 18.3. The van der Waals surface area contributed by atoms with Crippen LogP contribution in [-0.4, -0.2) is 9.55 Å². The Labute approximate surface area is 610 Å². The van der Waals surface area contributed by atoms with E-state index in [1.54, 1.807) is 0 Å². The van der Waals surface area contributed by atoms with E-state index in [0.29, 0.717) is 0 Å². The highest BCUT2D eigenvalue weighted by Crippen LogP contribution is 2.68. The maximum atomic E-state index is 5.34. The van der Waals surface area contributed by atoms with Crippen molar-refractivity contribution in [2.75, 3.05) is 9.80 Å². The van der Waals surface area contributed by atoms with Crippen molar-refractivity contribution in [2.45, 2.75) is 10.8 Å². The molecule has 0 saturated carbocycles. The molecule has 0 saturated heterocycles. The minimum atomic E-state index is -0.651. The van der Waals surface area contributed by atoms with Crippen LogP contribution in [0.5, 0.6) is 0 Å². The molecule has 0 amide bonds. The highest BCUT2D eigenvalue weighted by Gasteiger charge is 2.59. The second-order valence-electron chi connectivity index (χ2n) is 28.0. The molecule has 4 nitrogen and oxygen atoms in total. The molecule has 18 aromatic rings. The molecular formula is C101H66N4. The van der Waals surface area contributed by atoms with Crippen molar-refractivity contribution in [1.29, 1.82) is 0 Å². The molecule has 0 radical (unpaired) electrons. The first-order valence-corrected chi connectivity index (χ1v) is 36.3. The zero-order chi connectivity index (χ0) is 69.2. The number of benzene rings is 17. The molecule has 105 heavy (non-hydrogen) atoms. The summed E-state index contributed by atoms with van der Waals surface area (Å²) < 4.78 is 2.29. The van der Waals surface area contributed by atoms with Gasteiger partial charge in [0.2, 0.25) is 0 Å². The Morgan fingerprint density at radius 1 is 0.229 bits per heavy atom. The summed E-state index contributed by atoms with van der Waals surface area (Å²) in [7, 11) is 0. The minimum Gasteiger partial charge on any atom is -0.311 e. The number of nitrogens with zero attached hydrogens (tertiary/aromatic N) is 4. The molecule has 21 rings (SSSR count). The van der Waals surface area contributed by atoms with Crippen LogP contribution in [0.25, 0.3) is 105 Å². The van der Waals surface area contributed by atoms with Crippen LogP contribution in [0.3, 0.4) is 0 Å². The van der Waals surface area contributed by atoms with Gasteiger partial charge in [-0.2, -0.15) is 0 Å². The molecule has 3 aliphatic carbocycles. The first-order chi connectivity index (χ1) is 52.1. The summed E-state index contributed by atoms with van der Waals surface area (Å²) in [6.07, 6.45) is 0. The zero-order valence-electron chi connectivity index (χ0n) is 57.4. The first-order valence-electron chi connectivity index (χ1n) is 36.3. The topological polar surface area (TPSA) is 24.3 Å². The number of aromatic nitrogens is 2. The summed E-state index contributed by atoms with van der Waals surface area (Å²) in [4.78, 5) is 10.1. The van der Waals surface area contributed by atoms with Crippen LogP contribution in [0.1, 0.15) is 44.5 Å². The van der Waals surface area contributed by atoms with E-state index in [0.717, 1.165) is 112 Å². The first kappa shape index (κ1) is 60.1. The minimum absolute atomic E-state index is 0.604. The molecule has 1 aromatic heterocycles. The normalized spacial score (nSPS) is 13.1. The van der Waals surface area contributed by atoms with Crippen LogP contribution in [0.4, 0.5) is 34.1 Å². The molecule has 1 heterocycles. The third-order valence-electron chi connectivity index (χ3n) is 22.7. The van der Waals surface area contributed by atoms with Gasteiger partial charge in [-0.25, -0.2) is 4.98 Å². The molecule has 490 valence electrons. The summed E-state index contributed by atoms with van der Waals surface area (Å²) in [6, 6.07) is 149. The van der Waals surface area contributed by atoms with E-state index in [4.69, 9.17) is 4.98 Å². The van der Waals surface area contributed by atoms with Crippen LogP contribution >= 0.6 is 0 Å². The molecule has 3 aliphatic rings. The highest BCUT2D eigenvalue weighted by atomic mass is 15.2. The summed E-state index contributed by atoms with van der Waals surface area (Å²) in [6.45, 7) is 0. The van der Waals surface area contributed by atoms with E-state index in [-0.39, 0.29) is 0 Å². The van der Waals surface area contributed by atoms with Crippen molar-refractivity contribution in [3.05, 3.63) is 445 Å². The lowest BCUT2D eigenvalue weighted by atomic mass is 9.52. The number of hydrogen-bond donors (Lipinski definition) is 0. The van der Waals surface area contributed by atoms with Crippen LogP contribution in [0, 0.1) is 0 Å². The van der Waals surface area contributed by atoms with E-state index in [9.17, 15) is 0 Å². The number of para-hydroxylation sites is 6. The van der Waals surface area contributed by atoms with Gasteiger partial charge in [0.25, 0.3) is 0 Å². The molecular weight excluding hydrogens is 1270 g/mol. The average molecular weight is 1340 g/mol. The van der Waals surface area contributed by atoms with E-state index < -0.39 is 10.8 Å². The Morgan fingerprint density at radius 2 is 0.590 bits per heavy atom. The summed E-state index contributed by atoms with van der Waals surface area (Å²) in [5.74, 6) is 0.896. The van der Waals surface area contributed by atoms with Gasteiger partial charge in [-0.05, 0) is 208 Å². The Morgan fingerprint density at radius 3 is 1.13 bits per heavy atom. The van der Waals surface area contributed by atoms with E-state index in [2.05, 4.69) is 415 Å². The molecule has 0 bridgehead atoms. The van der Waals surface area contributed by atoms with Gasteiger partial charge >= 0.3 is 0 Å². The third kappa shape index (κ3) is 9.03. The number of rotatable bonds is 11. The SMILES string of the molecule is c1ccc(N(c2ccccc2)c2ccc(-c3ccc(N(c4ccccc4)c4c5ccccc5c(-c5ccc(-c6nc7ccccc7n6-c6ccccc6)cc5)c5cc(-c6ccc7c(c6)C6(c8ccccc8-c8ccccc86)c6ccccc6C76c7ccccc7-c7ccccc76)ccc45)cc3)cc2)cc1. The molecule has 0 atom stereocenters. The van der Waals surface area contributed by atoms with Gasteiger partial charge in [0.1, 0.15) is 5.82 Å². The lowest BCUT2D eigenvalue weighted by molar-refractivity contribution is 0.633. The number of anilines is 6. The van der Waals surface area contributed by atoms with Crippen molar-refractivity contribution in [3.8, 4) is 72.7 Å². The van der Waals surface area contributed by atoms with Crippen molar-refractivity contribution in [1.82, 2.24) is 9.55 Å². The predicted molar refractivity (Wildman–Crippen MR) is 435 cm³/mol. The maximum Gasteiger partial charge on any atom is 0.145 e. The largest absolute Gasteiger partial charge is 0.311 e. The van der Waals surface area contributed by atoms with E-state index in [1.807, 2.05) is 0 Å². The van der Waals surface area contributed by atoms with Crippen molar-refractivity contribution < 1.29 is 0 Å². The van der Waals surface area contributed by atoms with Crippen LogP contribution < -0.4 is 9.80 Å². The number of hydrogen-bond acceptors (Lipinski definition) is 3. The van der Waals surface area contributed by atoms with Crippen molar-refractivity contribution in [3.63, 3.8) is 0 Å². The molecule has 0 N–H and O–H groups in total. The second-order valence-corrected chi connectivity index (χ2v) is 28.0. The molecule has 0 aliphatic heterocycles. The molecule has 4 heteroatoms. The van der Waals surface area contributed by atoms with Gasteiger partial charge in [0, 0.05) is 50.5 Å². The van der Waals surface area contributed by atoms with Crippen LogP contribution in [-0.2, 0) is 10.8 Å². The van der Waals surface area contributed by atoms with Gasteiger partial charge in [-0.3, -0.25) is 4.57 Å². The van der Waals surface area contributed by atoms with Gasteiger partial charge in [-0.1, -0.05) is 303 Å². The average Bonchev–Trinajstić information content (AvgIpc) is 1.62. The smallest absolute Gasteiger partial charge is 0.145 e. The van der Waals surface area contributed by atoms with E-state index >= 15 is 0 Å². The molecule has 0 fully saturated rings.